The summed E-state index contributed by atoms with van der Waals surface area (Å²) in [5.74, 6) is -5.28. The van der Waals surface area contributed by atoms with Crippen LogP contribution in [0.2, 0.25) is 0 Å². The van der Waals surface area contributed by atoms with Crippen molar-refractivity contribution >= 4 is 23.6 Å². The lowest BCUT2D eigenvalue weighted by atomic mass is 9.88. The van der Waals surface area contributed by atoms with Gasteiger partial charge in [0.1, 0.15) is 48.2 Å². The number of hydrogen-bond donors (Lipinski definition) is 9. The van der Waals surface area contributed by atoms with Crippen molar-refractivity contribution in [2.75, 3.05) is 13.2 Å². The SMILES string of the molecule is CC(=O)N[C@H]1[C@H]([C@@H](O)[C@H](O)CO)O[C@@](O[C@H]2[C@@H](O)[C@@H](CO)O[C@@H](Sc3ccccc3)[C@@H]2O)(C(=O)O)C[C@@H]1O. The van der Waals surface area contributed by atoms with E-state index in [0.717, 1.165) is 18.7 Å². The highest BCUT2D eigenvalue weighted by Gasteiger charge is 2.59. The van der Waals surface area contributed by atoms with E-state index >= 15 is 0 Å². The number of benzene rings is 1. The van der Waals surface area contributed by atoms with Crippen LogP contribution in [0.25, 0.3) is 0 Å². The quantitative estimate of drug-likeness (QED) is 0.136. The van der Waals surface area contributed by atoms with Crippen LogP contribution in [0.3, 0.4) is 0 Å². The van der Waals surface area contributed by atoms with E-state index in [1.807, 2.05) is 0 Å². The van der Waals surface area contributed by atoms with E-state index in [-0.39, 0.29) is 0 Å². The van der Waals surface area contributed by atoms with Crippen molar-refractivity contribution in [1.29, 1.82) is 0 Å². The van der Waals surface area contributed by atoms with Crippen molar-refractivity contribution in [3.8, 4) is 0 Å². The highest BCUT2D eigenvalue weighted by Crippen LogP contribution is 2.39. The van der Waals surface area contributed by atoms with Crippen molar-refractivity contribution in [3.05, 3.63) is 30.3 Å². The zero-order valence-electron chi connectivity index (χ0n) is 20.3. The number of hydrogen-bond acceptors (Lipinski definition) is 13. The third-order valence-electron chi connectivity index (χ3n) is 6.33. The molecule has 0 aromatic heterocycles. The van der Waals surface area contributed by atoms with E-state index < -0.39 is 97.6 Å². The largest absolute Gasteiger partial charge is 0.477 e. The molecule has 2 heterocycles. The highest BCUT2D eigenvalue weighted by molar-refractivity contribution is 7.99. The van der Waals surface area contributed by atoms with Gasteiger partial charge < -0.3 is 60.4 Å². The van der Waals surface area contributed by atoms with Crippen LogP contribution in [0.1, 0.15) is 13.3 Å². The van der Waals surface area contributed by atoms with Crippen LogP contribution in [-0.2, 0) is 23.8 Å². The van der Waals surface area contributed by atoms with E-state index in [9.17, 15) is 50.4 Å². The molecule has 0 bridgehead atoms. The smallest absolute Gasteiger partial charge is 0.364 e. The predicted molar refractivity (Wildman–Crippen MR) is 128 cm³/mol. The molecule has 0 saturated carbocycles. The third kappa shape index (κ3) is 6.63. The first-order chi connectivity index (χ1) is 17.9. The number of ether oxygens (including phenoxy) is 3. The van der Waals surface area contributed by atoms with Gasteiger partial charge in [-0.1, -0.05) is 30.0 Å². The maximum Gasteiger partial charge on any atom is 0.364 e. The molecular weight excluding hydrogens is 530 g/mol. The number of carbonyl (C=O) groups excluding carboxylic acids is 1. The number of carbonyl (C=O) groups is 2. The maximum atomic E-state index is 12.5. The van der Waals surface area contributed by atoms with Gasteiger partial charge in [0, 0.05) is 18.2 Å². The summed E-state index contributed by atoms with van der Waals surface area (Å²) in [5.41, 5.74) is -1.13. The van der Waals surface area contributed by atoms with Crippen LogP contribution in [0, 0.1) is 0 Å². The van der Waals surface area contributed by atoms with Gasteiger partial charge in [-0.3, -0.25) is 4.79 Å². The fourth-order valence-corrected chi connectivity index (χ4v) is 5.47. The molecule has 0 aliphatic carbocycles. The molecule has 1 aromatic carbocycles. The summed E-state index contributed by atoms with van der Waals surface area (Å²) >= 11 is 1.03. The Morgan fingerprint density at radius 2 is 1.82 bits per heavy atom. The number of rotatable bonds is 10. The van der Waals surface area contributed by atoms with E-state index in [1.54, 1.807) is 30.3 Å². The van der Waals surface area contributed by atoms with Crippen molar-refractivity contribution in [3.63, 3.8) is 0 Å². The summed E-state index contributed by atoms with van der Waals surface area (Å²) in [4.78, 5) is 24.8. The van der Waals surface area contributed by atoms with Gasteiger partial charge in [0.05, 0.1) is 25.4 Å². The fourth-order valence-electron chi connectivity index (χ4n) is 4.39. The molecule has 214 valence electrons. The number of aliphatic hydroxyl groups is 7. The first-order valence-corrected chi connectivity index (χ1v) is 12.7. The van der Waals surface area contributed by atoms with Crippen LogP contribution in [0.4, 0.5) is 0 Å². The standard InChI is InChI=1S/C23H33NO13S/c1-10(27)24-15-12(28)7-23(22(33)34,36-19(15)16(30)13(29)8-25)37-20-17(31)14(9-26)35-21(18(20)32)38-11-5-3-2-4-6-11/h2-6,12-21,25-26,28-32H,7-9H2,1H3,(H,24,27)(H,33,34)/t12-,13+,14+,15+,16-,17-,18+,19+,20-,21-,23-/m0/s1. The second-order valence-corrected chi connectivity index (χ2v) is 10.3. The normalized spacial score (nSPS) is 37.3. The molecule has 3 rings (SSSR count). The Labute approximate surface area is 221 Å². The average Bonchev–Trinajstić information content (AvgIpc) is 2.88. The number of aliphatic carboxylic acids is 1. The molecule has 0 spiro atoms. The van der Waals surface area contributed by atoms with Gasteiger partial charge >= 0.3 is 5.97 Å². The zero-order chi connectivity index (χ0) is 28.2. The van der Waals surface area contributed by atoms with Gasteiger partial charge in [0.15, 0.2) is 0 Å². The van der Waals surface area contributed by atoms with Crippen LogP contribution in [0.5, 0.6) is 0 Å². The lowest BCUT2D eigenvalue weighted by molar-refractivity contribution is -0.349. The van der Waals surface area contributed by atoms with Crippen molar-refractivity contribution in [2.24, 2.45) is 0 Å². The molecule has 11 atom stereocenters. The molecule has 2 saturated heterocycles. The van der Waals surface area contributed by atoms with Gasteiger partial charge in [0.25, 0.3) is 5.79 Å². The van der Waals surface area contributed by atoms with Crippen LogP contribution in [0.15, 0.2) is 35.2 Å². The summed E-state index contributed by atoms with van der Waals surface area (Å²) < 4.78 is 16.9. The van der Waals surface area contributed by atoms with Crippen LogP contribution in [-0.4, -0.2) is 132 Å². The molecule has 1 aromatic rings. The molecule has 2 fully saturated rings. The molecule has 15 heteroatoms. The summed E-state index contributed by atoms with van der Waals surface area (Å²) in [5, 5.41) is 84.6. The summed E-state index contributed by atoms with van der Waals surface area (Å²) in [6, 6.07) is 7.25. The first kappa shape index (κ1) is 30.6. The van der Waals surface area contributed by atoms with Crippen molar-refractivity contribution in [1.82, 2.24) is 5.32 Å². The number of thioether (sulfide) groups is 1. The van der Waals surface area contributed by atoms with Gasteiger partial charge in [-0.2, -0.15) is 0 Å². The monoisotopic (exact) mass is 563 g/mol. The van der Waals surface area contributed by atoms with E-state index in [1.165, 1.54) is 0 Å². The summed E-state index contributed by atoms with van der Waals surface area (Å²) in [6.45, 7) is -0.570. The second kappa shape index (κ2) is 13.0. The zero-order valence-corrected chi connectivity index (χ0v) is 21.1. The van der Waals surface area contributed by atoms with Gasteiger partial charge in [0.2, 0.25) is 5.91 Å². The highest BCUT2D eigenvalue weighted by atomic mass is 32.2. The van der Waals surface area contributed by atoms with Gasteiger partial charge in [-0.25, -0.2) is 4.79 Å². The Balaban J connectivity index is 1.94. The Kier molecular flexibility index (Phi) is 10.5. The van der Waals surface area contributed by atoms with Gasteiger partial charge in [-0.15, -0.1) is 0 Å². The van der Waals surface area contributed by atoms with E-state index in [4.69, 9.17) is 14.2 Å². The number of carboxylic acid groups (broad SMARTS) is 1. The molecule has 2 aliphatic rings. The molecule has 0 radical (unpaired) electrons. The summed E-state index contributed by atoms with van der Waals surface area (Å²) in [6.07, 6.45) is -14.7. The number of amides is 1. The lowest BCUT2D eigenvalue weighted by Crippen LogP contribution is -2.70. The minimum atomic E-state index is -2.80. The van der Waals surface area contributed by atoms with Crippen LogP contribution < -0.4 is 5.32 Å². The van der Waals surface area contributed by atoms with E-state index in [2.05, 4.69) is 5.32 Å². The average molecular weight is 564 g/mol. The lowest BCUT2D eigenvalue weighted by Gasteiger charge is -2.50. The molecule has 2 aliphatic heterocycles. The second-order valence-electron chi connectivity index (χ2n) is 9.10. The van der Waals surface area contributed by atoms with Crippen molar-refractivity contribution in [2.45, 2.75) is 84.3 Å². The van der Waals surface area contributed by atoms with E-state index in [0.29, 0.717) is 4.90 Å². The number of aliphatic hydroxyl groups excluding tert-OH is 7. The molecule has 9 N–H and O–H groups in total. The summed E-state index contributed by atoms with van der Waals surface area (Å²) in [7, 11) is 0. The predicted octanol–water partition coefficient (Wildman–Crippen LogP) is -3.25. The molecule has 0 unspecified atom stereocenters. The minimum Gasteiger partial charge on any atom is -0.477 e. The number of carboxylic acids is 1. The molecule has 38 heavy (non-hydrogen) atoms. The topological polar surface area (TPSA) is 236 Å². The van der Waals surface area contributed by atoms with Crippen LogP contribution >= 0.6 is 11.8 Å². The maximum absolute atomic E-state index is 12.5. The molecule has 1 amide bonds. The molecular formula is C23H33NO13S. The number of nitrogens with one attached hydrogen (secondary N) is 1. The Morgan fingerprint density at radius 1 is 1.16 bits per heavy atom. The Hall–Kier alpha value is -1.89. The fraction of sp³-hybridized carbons (Fsp3) is 0.652. The third-order valence-corrected chi connectivity index (χ3v) is 7.50. The minimum absolute atomic E-state index is 0.653. The Morgan fingerprint density at radius 3 is 2.37 bits per heavy atom. The first-order valence-electron chi connectivity index (χ1n) is 11.8. The van der Waals surface area contributed by atoms with Gasteiger partial charge in [-0.05, 0) is 12.1 Å². The van der Waals surface area contributed by atoms with Crippen molar-refractivity contribution < 1.29 is 64.7 Å². The Bertz CT molecular complexity index is 941. The molecule has 14 nitrogen and oxygen atoms in total.